The van der Waals surface area contributed by atoms with Crippen LogP contribution in [0.5, 0.6) is 5.75 Å². The number of nitrogens with one attached hydrogen (secondary N) is 6. The number of aliphatic hydroxyl groups is 7. The highest BCUT2D eigenvalue weighted by atomic mass is 16.3. The molecule has 25 heteroatoms. The predicted molar refractivity (Wildman–Crippen MR) is 280 cm³/mol. The molecule has 18 N–H and O–H groups in total. The van der Waals surface area contributed by atoms with Gasteiger partial charge in [0, 0.05) is 50.8 Å². The summed E-state index contributed by atoms with van der Waals surface area (Å²) < 4.78 is 32.9. The van der Waals surface area contributed by atoms with Crippen LogP contribution in [0.15, 0.2) is 24.3 Å². The number of carbonyl (C=O) groups is 7. The zero-order valence-corrected chi connectivity index (χ0v) is 44.6. The fourth-order valence-corrected chi connectivity index (χ4v) is 10.1. The van der Waals surface area contributed by atoms with Gasteiger partial charge in [0.2, 0.25) is 41.4 Å². The fourth-order valence-electron chi connectivity index (χ4n) is 10.1. The predicted octanol–water partition coefficient (Wildman–Crippen LogP) is -3.31. The Morgan fingerprint density at radius 3 is 2.01 bits per heavy atom. The van der Waals surface area contributed by atoms with Crippen LogP contribution in [0.1, 0.15) is 135 Å². The normalized spacial score (nSPS) is 29.8. The number of amides is 7. The van der Waals surface area contributed by atoms with Crippen molar-refractivity contribution < 1.29 is 79.9 Å². The number of nitrogens with zero attached hydrogens (tertiary/aromatic N) is 2. The summed E-state index contributed by atoms with van der Waals surface area (Å²) in [6, 6.07) is -7.46. The van der Waals surface area contributed by atoms with Crippen molar-refractivity contribution in [3.05, 3.63) is 29.8 Å². The highest BCUT2D eigenvalue weighted by molar-refractivity contribution is 5.98. The van der Waals surface area contributed by atoms with E-state index in [1.807, 2.05) is 0 Å². The van der Waals surface area contributed by atoms with Gasteiger partial charge in [0.05, 0.1) is 30.5 Å². The van der Waals surface area contributed by atoms with Crippen molar-refractivity contribution in [1.29, 1.82) is 0 Å². The maximum atomic E-state index is 14.7. The second-order valence-electron chi connectivity index (χ2n) is 20.9. The highest BCUT2D eigenvalue weighted by Crippen LogP contribution is 2.27. The molecule has 3 aliphatic rings. The van der Waals surface area contributed by atoms with E-state index in [1.54, 1.807) is 0 Å². The Morgan fingerprint density at radius 2 is 1.38 bits per heavy atom. The number of unbranched alkanes of at least 4 members (excludes halogenated alkanes) is 5. The van der Waals surface area contributed by atoms with Gasteiger partial charge < -0.3 is 88.7 Å². The van der Waals surface area contributed by atoms with Gasteiger partial charge in [-0.1, -0.05) is 77.8 Å². The summed E-state index contributed by atoms with van der Waals surface area (Å²) in [6.07, 6.45) is -10.0. The molecule has 436 valence electrons. The Bertz CT molecular complexity index is 2260. The Balaban J connectivity index is 1.80. The molecule has 25 nitrogen and oxygen atoms in total. The van der Waals surface area contributed by atoms with Gasteiger partial charge in [0.1, 0.15) is 60.4 Å². The number of phenols is 1. The molecule has 16 atom stereocenters. The van der Waals surface area contributed by atoms with Crippen LogP contribution in [0.4, 0.5) is 0 Å². The molecule has 7 amide bonds. The van der Waals surface area contributed by atoms with Crippen LogP contribution in [-0.4, -0.2) is 204 Å². The van der Waals surface area contributed by atoms with E-state index in [0.29, 0.717) is 29.6 Å². The van der Waals surface area contributed by atoms with Gasteiger partial charge in [-0.15, -0.1) is 0 Å². The second kappa shape index (κ2) is 31.5. The lowest BCUT2D eigenvalue weighted by Gasteiger charge is -2.35. The van der Waals surface area contributed by atoms with Crippen molar-refractivity contribution in [2.45, 2.75) is 203 Å². The molecule has 3 fully saturated rings. The minimum Gasteiger partial charge on any atom is -0.508 e. The van der Waals surface area contributed by atoms with Crippen molar-refractivity contribution in [3.63, 3.8) is 0 Å². The molecule has 0 bridgehead atoms. The van der Waals surface area contributed by atoms with Crippen molar-refractivity contribution in [3.8, 4) is 5.75 Å². The standard InChI is InChI=1S/C52H88N10O15/c1-5-28(2)24-29(3)12-10-8-6-7-9-11-13-39(69)56-34-26-38(68)46(55-22-21-54)60-50(75)43-37(67)19-23-61(43)52(77)41(36(66)18-20-53)58-49(74)42(45(71)44(70)31-14-16-32(64)17-15-31)59-48(73)35-25-33(65)27-62(35)51(76)40(30(4)63)57-47(34)72/h14-17,28-30,33-38,40-46,55,63-68,70-71H,5-13,18-27,53-54H2,1-4H3,(H,56,69)(H,57,72)(H,58,74)(H,59,73)(H,60,75)/t28?,29?,30-,33-,34+,35?,36-,37+,38-,40+,41+,42+,43?,44+,45+,46+/m1/s1/i21D2,22D2. The van der Waals surface area contributed by atoms with Crippen LogP contribution in [0.3, 0.4) is 0 Å². The molecule has 0 saturated carbocycles. The second-order valence-corrected chi connectivity index (χ2v) is 20.9. The zero-order valence-electron chi connectivity index (χ0n) is 48.6. The van der Waals surface area contributed by atoms with E-state index in [2.05, 4.69) is 52.7 Å². The third-order valence-electron chi connectivity index (χ3n) is 14.7. The van der Waals surface area contributed by atoms with E-state index in [4.69, 9.17) is 17.0 Å². The third kappa shape index (κ3) is 18.8. The number of aliphatic hydroxyl groups excluding tert-OH is 7. The number of aromatic hydroxyl groups is 1. The van der Waals surface area contributed by atoms with Crippen molar-refractivity contribution in [2.24, 2.45) is 23.3 Å². The Labute approximate surface area is 456 Å². The molecule has 1 aromatic rings. The molecule has 3 aliphatic heterocycles. The molecule has 1 aromatic carbocycles. The van der Waals surface area contributed by atoms with Crippen LogP contribution >= 0.6 is 0 Å². The quantitative estimate of drug-likeness (QED) is 0.0477. The van der Waals surface area contributed by atoms with Crippen molar-refractivity contribution in [2.75, 3.05) is 32.6 Å². The van der Waals surface area contributed by atoms with Crippen LogP contribution in [-0.2, 0) is 33.6 Å². The van der Waals surface area contributed by atoms with Gasteiger partial charge in [-0.3, -0.25) is 38.9 Å². The number of fused-ring (bicyclic) bond motifs is 2. The average Bonchev–Trinajstić information content (AvgIpc) is 3.99. The lowest BCUT2D eigenvalue weighted by Crippen LogP contribution is -2.65. The molecular weight excluding hydrogens is 1000 g/mol. The summed E-state index contributed by atoms with van der Waals surface area (Å²) in [5.74, 6) is -7.55. The SMILES string of the molecule is [2H]C([2H])(N)C([2H])([2H])N[C@H]1NC(=O)C2[C@@H](O)CCN2C(=O)[C@H]([C@H](O)CCN)NC(=O)[C@H]([C@H](O)[C@@H](O)c2ccc(O)cc2)NC(=O)C2C[C@@H](O)CN2C(=O)[C@H]([C@@H](C)O)NC(=O)[C@@H](NC(=O)CCCCCCCCC(C)CC(C)CC)C[C@H]1O. The van der Waals surface area contributed by atoms with Crippen LogP contribution in [0.2, 0.25) is 0 Å². The molecule has 3 heterocycles. The largest absolute Gasteiger partial charge is 0.508 e. The average molecular weight is 1100 g/mol. The minimum absolute atomic E-state index is 0.106. The molecule has 0 aromatic heterocycles. The number of nitrogens with two attached hydrogens (primary N) is 2. The number of hydrogen-bond donors (Lipinski definition) is 16. The van der Waals surface area contributed by atoms with E-state index < -0.39 is 172 Å². The first kappa shape index (κ1) is 58.1. The highest BCUT2D eigenvalue weighted by Gasteiger charge is 2.49. The first-order valence-corrected chi connectivity index (χ1v) is 26.9. The first-order valence-electron chi connectivity index (χ1n) is 28.9. The van der Waals surface area contributed by atoms with E-state index in [0.717, 1.165) is 68.9 Å². The third-order valence-corrected chi connectivity index (χ3v) is 14.7. The fraction of sp³-hybridized carbons (Fsp3) is 0.750. The minimum atomic E-state index is -3.33. The Kier molecular flexibility index (Phi) is 23.7. The topological polar surface area (TPSA) is 412 Å². The van der Waals surface area contributed by atoms with Crippen LogP contribution < -0.4 is 43.4 Å². The van der Waals surface area contributed by atoms with Gasteiger partial charge in [-0.05, 0) is 68.7 Å². The van der Waals surface area contributed by atoms with Gasteiger partial charge in [0.25, 0.3) is 0 Å². The van der Waals surface area contributed by atoms with Gasteiger partial charge in [-0.25, -0.2) is 0 Å². The van der Waals surface area contributed by atoms with E-state index >= 15 is 0 Å². The van der Waals surface area contributed by atoms with Gasteiger partial charge in [0.15, 0.2) is 0 Å². The van der Waals surface area contributed by atoms with Gasteiger partial charge in [-0.2, -0.15) is 0 Å². The van der Waals surface area contributed by atoms with E-state index in [-0.39, 0.29) is 30.7 Å². The number of carbonyl (C=O) groups excluding carboxylic acids is 7. The molecule has 77 heavy (non-hydrogen) atoms. The molecular formula is C52H88N10O15. The van der Waals surface area contributed by atoms with E-state index in [9.17, 15) is 74.4 Å². The number of phenolic OH excluding ortho intramolecular Hbond substituents is 1. The van der Waals surface area contributed by atoms with Crippen LogP contribution in [0.25, 0.3) is 0 Å². The summed E-state index contributed by atoms with van der Waals surface area (Å²) in [4.78, 5) is 102. The van der Waals surface area contributed by atoms with E-state index in [1.165, 1.54) is 12.1 Å². The summed E-state index contributed by atoms with van der Waals surface area (Å²) >= 11 is 0. The summed E-state index contributed by atoms with van der Waals surface area (Å²) in [7, 11) is 0. The molecule has 3 saturated heterocycles. The smallest absolute Gasteiger partial charge is 0.248 e. The zero-order chi connectivity index (χ0) is 60.7. The monoisotopic (exact) mass is 1100 g/mol. The van der Waals surface area contributed by atoms with Crippen LogP contribution in [0, 0.1) is 11.8 Å². The number of rotatable bonds is 23. The lowest BCUT2D eigenvalue weighted by atomic mass is 9.91. The molecule has 0 spiro atoms. The molecule has 4 unspecified atom stereocenters. The maximum Gasteiger partial charge on any atom is 0.248 e. The summed E-state index contributed by atoms with van der Waals surface area (Å²) in [5.41, 5.74) is 11.2. The summed E-state index contributed by atoms with van der Waals surface area (Å²) in [5, 5.41) is 103. The lowest BCUT2D eigenvalue weighted by molar-refractivity contribution is -0.148. The van der Waals surface area contributed by atoms with Crippen molar-refractivity contribution >= 4 is 41.4 Å². The van der Waals surface area contributed by atoms with Gasteiger partial charge >= 0.3 is 0 Å². The first-order chi connectivity index (χ1) is 37.9. The Hall–Kier alpha value is -5.09. The molecule has 0 aliphatic carbocycles. The maximum absolute atomic E-state index is 14.7. The Morgan fingerprint density at radius 1 is 0.753 bits per heavy atom. The molecule has 0 radical (unpaired) electrons. The van der Waals surface area contributed by atoms with Crippen molar-refractivity contribution in [1.82, 2.24) is 41.7 Å². The number of hydrogen-bond acceptors (Lipinski definition) is 18. The number of benzene rings is 1. The summed E-state index contributed by atoms with van der Waals surface area (Å²) in [6.45, 7) is -0.237. The molecule has 4 rings (SSSR count).